The van der Waals surface area contributed by atoms with Gasteiger partial charge in [-0.3, -0.25) is 9.69 Å². The molecule has 1 rings (SSSR count). The quantitative estimate of drug-likeness (QED) is 0.817. The third kappa shape index (κ3) is 4.25. The van der Waals surface area contributed by atoms with Crippen LogP contribution in [0.3, 0.4) is 0 Å². The minimum Gasteiger partial charge on any atom is -0.481 e. The van der Waals surface area contributed by atoms with Gasteiger partial charge in [0, 0.05) is 24.5 Å². The SMILES string of the molecule is CCCN1C(CCC(=O)O)CN(C)CCC1(C)C. The van der Waals surface area contributed by atoms with E-state index in [1.807, 2.05) is 0 Å². The third-order valence-corrected chi connectivity index (χ3v) is 4.00. The van der Waals surface area contributed by atoms with Gasteiger partial charge < -0.3 is 10.0 Å². The largest absolute Gasteiger partial charge is 0.481 e. The Bertz CT molecular complexity index is 279. The van der Waals surface area contributed by atoms with Crippen molar-refractivity contribution in [3.05, 3.63) is 0 Å². The third-order valence-electron chi connectivity index (χ3n) is 4.00. The molecule has 0 bridgehead atoms. The molecule has 1 fully saturated rings. The molecule has 1 aliphatic rings. The highest BCUT2D eigenvalue weighted by atomic mass is 16.4. The maximum Gasteiger partial charge on any atom is 0.303 e. The van der Waals surface area contributed by atoms with E-state index in [9.17, 15) is 4.79 Å². The predicted octanol–water partition coefficient (Wildman–Crippen LogP) is 2.05. The molecule has 0 aromatic carbocycles. The Morgan fingerprint density at radius 1 is 1.44 bits per heavy atom. The highest BCUT2D eigenvalue weighted by Crippen LogP contribution is 2.27. The molecule has 0 aliphatic carbocycles. The maximum absolute atomic E-state index is 10.8. The smallest absolute Gasteiger partial charge is 0.303 e. The Hall–Kier alpha value is -0.610. The number of hydrogen-bond donors (Lipinski definition) is 1. The first-order chi connectivity index (χ1) is 8.36. The molecule has 1 saturated heterocycles. The molecule has 1 N–H and O–H groups in total. The van der Waals surface area contributed by atoms with Crippen LogP contribution in [0.25, 0.3) is 0 Å². The van der Waals surface area contributed by atoms with E-state index < -0.39 is 5.97 Å². The average molecular weight is 256 g/mol. The Morgan fingerprint density at radius 2 is 2.11 bits per heavy atom. The van der Waals surface area contributed by atoms with Crippen LogP contribution >= 0.6 is 0 Å². The van der Waals surface area contributed by atoms with Gasteiger partial charge in [0.1, 0.15) is 0 Å². The summed E-state index contributed by atoms with van der Waals surface area (Å²) < 4.78 is 0. The molecule has 1 aliphatic heterocycles. The van der Waals surface area contributed by atoms with Crippen LogP contribution in [-0.4, -0.2) is 59.1 Å². The van der Waals surface area contributed by atoms with Crippen molar-refractivity contribution in [1.82, 2.24) is 9.80 Å². The number of rotatable bonds is 5. The molecule has 1 heterocycles. The predicted molar refractivity (Wildman–Crippen MR) is 73.8 cm³/mol. The van der Waals surface area contributed by atoms with Crippen LogP contribution in [0.5, 0.6) is 0 Å². The van der Waals surface area contributed by atoms with Crippen LogP contribution in [0, 0.1) is 0 Å². The second-order valence-corrected chi connectivity index (χ2v) is 6.10. The highest BCUT2D eigenvalue weighted by Gasteiger charge is 2.35. The van der Waals surface area contributed by atoms with Gasteiger partial charge in [0.05, 0.1) is 0 Å². The zero-order chi connectivity index (χ0) is 13.8. The monoisotopic (exact) mass is 256 g/mol. The first-order valence-electron chi connectivity index (χ1n) is 7.04. The van der Waals surface area contributed by atoms with E-state index in [-0.39, 0.29) is 12.0 Å². The summed E-state index contributed by atoms with van der Waals surface area (Å²) in [6, 6.07) is 0.364. The molecule has 4 heteroatoms. The van der Waals surface area contributed by atoms with Gasteiger partial charge in [0.2, 0.25) is 0 Å². The second-order valence-electron chi connectivity index (χ2n) is 6.10. The zero-order valence-corrected chi connectivity index (χ0v) is 12.3. The van der Waals surface area contributed by atoms with Gasteiger partial charge in [0.15, 0.2) is 0 Å². The standard InChI is InChI=1S/C14H28N2O2/c1-5-9-16-12(6-7-13(17)18)11-15(4)10-8-14(16,2)3/h12H,5-11H2,1-4H3,(H,17,18). The normalized spacial score (nSPS) is 25.9. The van der Waals surface area contributed by atoms with E-state index in [1.165, 1.54) is 0 Å². The Kier molecular flexibility index (Phi) is 5.60. The molecule has 18 heavy (non-hydrogen) atoms. The minimum absolute atomic E-state index is 0.171. The van der Waals surface area contributed by atoms with Crippen molar-refractivity contribution in [3.63, 3.8) is 0 Å². The van der Waals surface area contributed by atoms with Crippen LogP contribution in [-0.2, 0) is 4.79 Å². The average Bonchev–Trinajstić information content (AvgIpc) is 2.38. The zero-order valence-electron chi connectivity index (χ0n) is 12.3. The van der Waals surface area contributed by atoms with Crippen LogP contribution in [0.2, 0.25) is 0 Å². The van der Waals surface area contributed by atoms with Crippen LogP contribution in [0.1, 0.15) is 46.5 Å². The lowest BCUT2D eigenvalue weighted by atomic mass is 9.95. The van der Waals surface area contributed by atoms with Gasteiger partial charge >= 0.3 is 5.97 Å². The van der Waals surface area contributed by atoms with Crippen molar-refractivity contribution >= 4 is 5.97 Å². The molecule has 0 spiro atoms. The fourth-order valence-corrected chi connectivity index (χ4v) is 2.92. The lowest BCUT2D eigenvalue weighted by molar-refractivity contribution is -0.137. The summed E-state index contributed by atoms with van der Waals surface area (Å²) in [6.45, 7) is 9.91. The van der Waals surface area contributed by atoms with Gasteiger partial charge in [-0.05, 0) is 53.2 Å². The number of likely N-dealkylation sites (N-methyl/N-ethyl adjacent to an activating group) is 1. The van der Waals surface area contributed by atoms with E-state index in [1.54, 1.807) is 0 Å². The molecular weight excluding hydrogens is 228 g/mol. The number of carboxylic acid groups (broad SMARTS) is 1. The van der Waals surface area contributed by atoms with E-state index in [0.29, 0.717) is 6.04 Å². The van der Waals surface area contributed by atoms with E-state index in [0.717, 1.165) is 38.9 Å². The number of hydrogen-bond acceptors (Lipinski definition) is 3. The molecule has 0 radical (unpaired) electrons. The summed E-state index contributed by atoms with van der Waals surface area (Å²) in [5.41, 5.74) is 0.171. The van der Waals surface area contributed by atoms with E-state index in [2.05, 4.69) is 37.6 Å². The summed E-state index contributed by atoms with van der Waals surface area (Å²) in [7, 11) is 2.14. The van der Waals surface area contributed by atoms with Crippen molar-refractivity contribution < 1.29 is 9.90 Å². The summed E-state index contributed by atoms with van der Waals surface area (Å²) in [4.78, 5) is 15.7. The number of aliphatic carboxylic acids is 1. The van der Waals surface area contributed by atoms with Gasteiger partial charge in [-0.25, -0.2) is 0 Å². The van der Waals surface area contributed by atoms with Crippen molar-refractivity contribution in [3.8, 4) is 0 Å². The molecule has 0 aromatic rings. The summed E-state index contributed by atoms with van der Waals surface area (Å²) in [5.74, 6) is -0.684. The molecule has 0 amide bonds. The topological polar surface area (TPSA) is 43.8 Å². The number of carbonyl (C=O) groups is 1. The molecule has 106 valence electrons. The second kappa shape index (κ2) is 6.53. The minimum atomic E-state index is -0.684. The summed E-state index contributed by atoms with van der Waals surface area (Å²) in [6.07, 6.45) is 3.29. The van der Waals surface area contributed by atoms with Crippen LogP contribution < -0.4 is 0 Å². The fourth-order valence-electron chi connectivity index (χ4n) is 2.92. The van der Waals surface area contributed by atoms with Gasteiger partial charge in [0.25, 0.3) is 0 Å². The van der Waals surface area contributed by atoms with Crippen molar-refractivity contribution in [2.75, 3.05) is 26.7 Å². The summed E-state index contributed by atoms with van der Waals surface area (Å²) in [5, 5.41) is 8.89. The van der Waals surface area contributed by atoms with E-state index in [4.69, 9.17) is 5.11 Å². The molecule has 0 aromatic heterocycles. The fraction of sp³-hybridized carbons (Fsp3) is 0.929. The van der Waals surface area contributed by atoms with Gasteiger partial charge in [-0.1, -0.05) is 6.92 Å². The van der Waals surface area contributed by atoms with Crippen molar-refractivity contribution in [2.24, 2.45) is 0 Å². The van der Waals surface area contributed by atoms with Crippen LogP contribution in [0.4, 0.5) is 0 Å². The van der Waals surface area contributed by atoms with Crippen molar-refractivity contribution in [2.45, 2.75) is 58.0 Å². The molecule has 4 nitrogen and oxygen atoms in total. The molecule has 1 atom stereocenters. The molecule has 1 unspecified atom stereocenters. The van der Waals surface area contributed by atoms with Crippen LogP contribution in [0.15, 0.2) is 0 Å². The molecular formula is C14H28N2O2. The Labute approximate surface area is 111 Å². The maximum atomic E-state index is 10.8. The van der Waals surface area contributed by atoms with Gasteiger partial charge in [-0.15, -0.1) is 0 Å². The number of carboxylic acids is 1. The lowest BCUT2D eigenvalue weighted by Crippen LogP contribution is -2.51. The van der Waals surface area contributed by atoms with Crippen molar-refractivity contribution in [1.29, 1.82) is 0 Å². The Morgan fingerprint density at radius 3 is 2.67 bits per heavy atom. The van der Waals surface area contributed by atoms with E-state index >= 15 is 0 Å². The first-order valence-corrected chi connectivity index (χ1v) is 7.04. The summed E-state index contributed by atoms with van der Waals surface area (Å²) >= 11 is 0. The highest BCUT2D eigenvalue weighted by molar-refractivity contribution is 5.66. The Balaban J connectivity index is 2.79. The lowest BCUT2D eigenvalue weighted by Gasteiger charge is -2.42. The molecule has 0 saturated carbocycles. The number of nitrogens with zero attached hydrogens (tertiary/aromatic N) is 2. The van der Waals surface area contributed by atoms with Gasteiger partial charge in [-0.2, -0.15) is 0 Å². The first kappa shape index (κ1) is 15.4.